The SMILES string of the molecule is CC[C@H](C)Nc1nc(Nc2c(C)cc(C)cc2C)cc(-c2ccncc2)n1. The van der Waals surface area contributed by atoms with Crippen molar-refractivity contribution in [2.45, 2.75) is 47.1 Å². The molecule has 0 aliphatic carbocycles. The first-order chi connectivity index (χ1) is 13.0. The lowest BCUT2D eigenvalue weighted by atomic mass is 10.1. The normalized spacial score (nSPS) is 11.9. The predicted octanol–water partition coefficient (Wildman–Crippen LogP) is 5.42. The van der Waals surface area contributed by atoms with Gasteiger partial charge in [0.15, 0.2) is 0 Å². The van der Waals surface area contributed by atoms with Gasteiger partial charge in [0.25, 0.3) is 0 Å². The first kappa shape index (κ1) is 18.8. The minimum absolute atomic E-state index is 0.299. The van der Waals surface area contributed by atoms with Crippen molar-refractivity contribution in [3.63, 3.8) is 0 Å². The Hall–Kier alpha value is -2.95. The van der Waals surface area contributed by atoms with Crippen LogP contribution in [0, 0.1) is 20.8 Å². The van der Waals surface area contributed by atoms with Crippen LogP contribution >= 0.6 is 0 Å². The molecule has 140 valence electrons. The average Bonchev–Trinajstić information content (AvgIpc) is 2.65. The molecule has 0 saturated heterocycles. The van der Waals surface area contributed by atoms with Crippen LogP contribution in [0.1, 0.15) is 37.0 Å². The quantitative estimate of drug-likeness (QED) is 0.614. The second-order valence-corrected chi connectivity index (χ2v) is 7.05. The van der Waals surface area contributed by atoms with Crippen LogP contribution in [0.3, 0.4) is 0 Å². The Balaban J connectivity index is 2.02. The van der Waals surface area contributed by atoms with Crippen molar-refractivity contribution >= 4 is 17.5 Å². The lowest BCUT2D eigenvalue weighted by Gasteiger charge is -2.17. The van der Waals surface area contributed by atoms with Crippen LogP contribution in [0.2, 0.25) is 0 Å². The molecular formula is C22H27N5. The summed E-state index contributed by atoms with van der Waals surface area (Å²) in [5.41, 5.74) is 6.63. The molecule has 0 aliphatic rings. The van der Waals surface area contributed by atoms with E-state index in [1.54, 1.807) is 12.4 Å². The molecule has 0 amide bonds. The molecule has 1 aromatic carbocycles. The van der Waals surface area contributed by atoms with Crippen molar-refractivity contribution in [1.82, 2.24) is 15.0 Å². The molecule has 27 heavy (non-hydrogen) atoms. The zero-order chi connectivity index (χ0) is 19.4. The number of hydrogen-bond acceptors (Lipinski definition) is 5. The fourth-order valence-electron chi connectivity index (χ4n) is 3.07. The van der Waals surface area contributed by atoms with Crippen molar-refractivity contribution in [1.29, 1.82) is 0 Å². The van der Waals surface area contributed by atoms with E-state index in [2.05, 4.69) is 62.4 Å². The summed E-state index contributed by atoms with van der Waals surface area (Å²) in [6.45, 7) is 10.6. The number of hydrogen-bond donors (Lipinski definition) is 2. The first-order valence-corrected chi connectivity index (χ1v) is 9.37. The molecular weight excluding hydrogens is 334 g/mol. The summed E-state index contributed by atoms with van der Waals surface area (Å²) in [4.78, 5) is 13.5. The van der Waals surface area contributed by atoms with Gasteiger partial charge < -0.3 is 10.6 Å². The molecule has 0 saturated carbocycles. The average molecular weight is 361 g/mol. The molecule has 0 bridgehead atoms. The van der Waals surface area contributed by atoms with E-state index in [0.717, 1.165) is 29.2 Å². The Morgan fingerprint density at radius 1 is 0.963 bits per heavy atom. The largest absolute Gasteiger partial charge is 0.352 e. The van der Waals surface area contributed by atoms with Gasteiger partial charge in [-0.15, -0.1) is 0 Å². The van der Waals surface area contributed by atoms with E-state index in [0.29, 0.717) is 12.0 Å². The lowest BCUT2D eigenvalue weighted by molar-refractivity contribution is 0.753. The lowest BCUT2D eigenvalue weighted by Crippen LogP contribution is -2.16. The maximum atomic E-state index is 4.70. The van der Waals surface area contributed by atoms with E-state index in [1.165, 1.54) is 16.7 Å². The monoisotopic (exact) mass is 361 g/mol. The van der Waals surface area contributed by atoms with Crippen LogP contribution < -0.4 is 10.6 Å². The number of aromatic nitrogens is 3. The number of pyridine rings is 1. The highest BCUT2D eigenvalue weighted by atomic mass is 15.2. The number of nitrogens with zero attached hydrogens (tertiary/aromatic N) is 3. The predicted molar refractivity (Wildman–Crippen MR) is 113 cm³/mol. The van der Waals surface area contributed by atoms with E-state index in [9.17, 15) is 0 Å². The van der Waals surface area contributed by atoms with Crippen molar-refractivity contribution in [2.24, 2.45) is 0 Å². The van der Waals surface area contributed by atoms with Gasteiger partial charge in [0.2, 0.25) is 5.95 Å². The number of aryl methyl sites for hydroxylation is 3. The smallest absolute Gasteiger partial charge is 0.225 e. The maximum absolute atomic E-state index is 4.70. The van der Waals surface area contributed by atoms with Gasteiger partial charge >= 0.3 is 0 Å². The molecule has 0 fully saturated rings. The minimum Gasteiger partial charge on any atom is -0.352 e. The molecule has 0 spiro atoms. The second kappa shape index (κ2) is 8.16. The molecule has 0 aliphatic heterocycles. The molecule has 3 rings (SSSR count). The Labute approximate surface area is 161 Å². The summed E-state index contributed by atoms with van der Waals surface area (Å²) in [6.07, 6.45) is 4.56. The van der Waals surface area contributed by atoms with Crippen LogP contribution in [-0.2, 0) is 0 Å². The minimum atomic E-state index is 0.299. The van der Waals surface area contributed by atoms with E-state index in [4.69, 9.17) is 9.97 Å². The molecule has 0 unspecified atom stereocenters. The maximum Gasteiger partial charge on any atom is 0.225 e. The van der Waals surface area contributed by atoms with E-state index < -0.39 is 0 Å². The Bertz CT molecular complexity index is 898. The molecule has 3 aromatic rings. The van der Waals surface area contributed by atoms with Crippen LogP contribution in [0.15, 0.2) is 42.7 Å². The zero-order valence-electron chi connectivity index (χ0n) is 16.7. The fraction of sp³-hybridized carbons (Fsp3) is 0.318. The van der Waals surface area contributed by atoms with Crippen molar-refractivity contribution in [2.75, 3.05) is 10.6 Å². The van der Waals surface area contributed by atoms with Gasteiger partial charge in [-0.1, -0.05) is 24.6 Å². The number of anilines is 3. The van der Waals surface area contributed by atoms with Crippen LogP contribution in [0.5, 0.6) is 0 Å². The number of rotatable bonds is 6. The summed E-state index contributed by atoms with van der Waals surface area (Å²) in [6, 6.07) is 10.6. The molecule has 2 aromatic heterocycles. The highest BCUT2D eigenvalue weighted by molar-refractivity contribution is 5.70. The Kier molecular flexibility index (Phi) is 5.69. The summed E-state index contributed by atoms with van der Waals surface area (Å²) in [7, 11) is 0. The van der Waals surface area contributed by atoms with Gasteiger partial charge in [0, 0.05) is 35.8 Å². The fourth-order valence-corrected chi connectivity index (χ4v) is 3.07. The van der Waals surface area contributed by atoms with Crippen molar-refractivity contribution in [3.05, 3.63) is 59.4 Å². The van der Waals surface area contributed by atoms with Gasteiger partial charge in [-0.3, -0.25) is 4.98 Å². The zero-order valence-corrected chi connectivity index (χ0v) is 16.7. The number of benzene rings is 1. The van der Waals surface area contributed by atoms with Crippen LogP contribution in [0.25, 0.3) is 11.3 Å². The van der Waals surface area contributed by atoms with Gasteiger partial charge in [-0.25, -0.2) is 4.98 Å². The van der Waals surface area contributed by atoms with Gasteiger partial charge in [0.1, 0.15) is 5.82 Å². The molecule has 5 heteroatoms. The third-order valence-corrected chi connectivity index (χ3v) is 4.62. The van der Waals surface area contributed by atoms with Crippen LogP contribution in [0.4, 0.5) is 17.5 Å². The van der Waals surface area contributed by atoms with E-state index in [1.807, 2.05) is 18.2 Å². The summed E-state index contributed by atoms with van der Waals surface area (Å²) in [5, 5.41) is 6.89. The van der Waals surface area contributed by atoms with Gasteiger partial charge in [-0.05, 0) is 57.4 Å². The molecule has 1 atom stereocenters. The molecule has 2 N–H and O–H groups in total. The topological polar surface area (TPSA) is 62.7 Å². The Morgan fingerprint density at radius 2 is 1.63 bits per heavy atom. The molecule has 5 nitrogen and oxygen atoms in total. The number of nitrogens with one attached hydrogen (secondary N) is 2. The molecule has 0 radical (unpaired) electrons. The van der Waals surface area contributed by atoms with E-state index in [-0.39, 0.29) is 0 Å². The first-order valence-electron chi connectivity index (χ1n) is 9.37. The van der Waals surface area contributed by atoms with Crippen LogP contribution in [-0.4, -0.2) is 21.0 Å². The summed E-state index contributed by atoms with van der Waals surface area (Å²) in [5.74, 6) is 1.40. The van der Waals surface area contributed by atoms with Gasteiger partial charge in [-0.2, -0.15) is 4.98 Å². The van der Waals surface area contributed by atoms with E-state index >= 15 is 0 Å². The highest BCUT2D eigenvalue weighted by Crippen LogP contribution is 2.28. The second-order valence-electron chi connectivity index (χ2n) is 7.05. The standard InChI is InChI=1S/C22H27N5/c1-6-17(5)24-22-25-19(18-7-9-23-10-8-18)13-20(27-22)26-21-15(3)11-14(2)12-16(21)4/h7-13,17H,6H2,1-5H3,(H2,24,25,26,27)/t17-/m0/s1. The molecule has 2 heterocycles. The third-order valence-electron chi connectivity index (χ3n) is 4.62. The highest BCUT2D eigenvalue weighted by Gasteiger charge is 2.11. The summed E-state index contributed by atoms with van der Waals surface area (Å²) >= 11 is 0. The third kappa shape index (κ3) is 4.61. The van der Waals surface area contributed by atoms with Crippen molar-refractivity contribution < 1.29 is 0 Å². The summed E-state index contributed by atoms with van der Waals surface area (Å²) < 4.78 is 0. The van der Waals surface area contributed by atoms with Crippen molar-refractivity contribution in [3.8, 4) is 11.3 Å². The Morgan fingerprint density at radius 3 is 2.26 bits per heavy atom. The van der Waals surface area contributed by atoms with Gasteiger partial charge in [0.05, 0.1) is 5.69 Å².